The SMILES string of the molecule is CC=CC(C)(CN)c1ccccc1. The van der Waals surface area contributed by atoms with Crippen LogP contribution in [0.25, 0.3) is 0 Å². The van der Waals surface area contributed by atoms with Crippen LogP contribution >= 0.6 is 0 Å². The third-order valence-electron chi connectivity index (χ3n) is 2.39. The second-order valence-corrected chi connectivity index (χ2v) is 3.49. The van der Waals surface area contributed by atoms with Crippen molar-refractivity contribution in [2.24, 2.45) is 5.73 Å². The first kappa shape index (κ1) is 10.0. The highest BCUT2D eigenvalue weighted by molar-refractivity contribution is 5.30. The minimum atomic E-state index is -0.0178. The number of hydrogen-bond acceptors (Lipinski definition) is 1. The van der Waals surface area contributed by atoms with Gasteiger partial charge in [-0.15, -0.1) is 0 Å². The third kappa shape index (κ3) is 2.19. The van der Waals surface area contributed by atoms with Crippen molar-refractivity contribution in [3.05, 3.63) is 48.0 Å². The van der Waals surface area contributed by atoms with Crippen molar-refractivity contribution in [1.29, 1.82) is 0 Å². The van der Waals surface area contributed by atoms with E-state index in [1.165, 1.54) is 5.56 Å². The number of allylic oxidation sites excluding steroid dienone is 1. The average molecular weight is 175 g/mol. The molecule has 0 fully saturated rings. The minimum absolute atomic E-state index is 0.0178. The lowest BCUT2D eigenvalue weighted by Gasteiger charge is -2.24. The molecule has 0 saturated carbocycles. The van der Waals surface area contributed by atoms with Gasteiger partial charge in [-0.05, 0) is 12.5 Å². The highest BCUT2D eigenvalue weighted by Crippen LogP contribution is 2.23. The topological polar surface area (TPSA) is 26.0 Å². The summed E-state index contributed by atoms with van der Waals surface area (Å²) in [4.78, 5) is 0. The Morgan fingerprint density at radius 3 is 2.38 bits per heavy atom. The minimum Gasteiger partial charge on any atom is -0.329 e. The molecule has 1 aromatic carbocycles. The Morgan fingerprint density at radius 1 is 1.31 bits per heavy atom. The summed E-state index contributed by atoms with van der Waals surface area (Å²) in [7, 11) is 0. The van der Waals surface area contributed by atoms with Gasteiger partial charge in [-0.3, -0.25) is 0 Å². The molecule has 1 rings (SSSR count). The molecule has 0 aliphatic heterocycles. The summed E-state index contributed by atoms with van der Waals surface area (Å²) >= 11 is 0. The van der Waals surface area contributed by atoms with Gasteiger partial charge in [-0.1, -0.05) is 49.4 Å². The van der Waals surface area contributed by atoms with Crippen molar-refractivity contribution in [1.82, 2.24) is 0 Å². The van der Waals surface area contributed by atoms with Crippen molar-refractivity contribution < 1.29 is 0 Å². The summed E-state index contributed by atoms with van der Waals surface area (Å²) in [6.07, 6.45) is 4.21. The molecule has 1 unspecified atom stereocenters. The van der Waals surface area contributed by atoms with E-state index >= 15 is 0 Å². The van der Waals surface area contributed by atoms with Gasteiger partial charge in [0.05, 0.1) is 0 Å². The molecular weight excluding hydrogens is 158 g/mol. The fourth-order valence-electron chi connectivity index (χ4n) is 1.47. The van der Waals surface area contributed by atoms with Crippen LogP contribution in [0, 0.1) is 0 Å². The summed E-state index contributed by atoms with van der Waals surface area (Å²) in [6, 6.07) is 10.4. The van der Waals surface area contributed by atoms with Crippen LogP contribution in [0.3, 0.4) is 0 Å². The summed E-state index contributed by atoms with van der Waals surface area (Å²) < 4.78 is 0. The van der Waals surface area contributed by atoms with Crippen LogP contribution in [0.5, 0.6) is 0 Å². The molecule has 0 aliphatic carbocycles. The Labute approximate surface area is 80.3 Å². The number of benzene rings is 1. The predicted octanol–water partition coefficient (Wildman–Crippen LogP) is 2.48. The van der Waals surface area contributed by atoms with Crippen LogP contribution in [-0.2, 0) is 5.41 Å². The number of rotatable bonds is 3. The van der Waals surface area contributed by atoms with E-state index in [-0.39, 0.29) is 5.41 Å². The Hall–Kier alpha value is -1.08. The second-order valence-electron chi connectivity index (χ2n) is 3.49. The molecule has 1 aromatic rings. The van der Waals surface area contributed by atoms with Gasteiger partial charge in [-0.2, -0.15) is 0 Å². The quantitative estimate of drug-likeness (QED) is 0.702. The molecule has 1 nitrogen and oxygen atoms in total. The maximum atomic E-state index is 5.77. The zero-order valence-electron chi connectivity index (χ0n) is 8.33. The molecule has 1 heteroatoms. The fourth-order valence-corrected chi connectivity index (χ4v) is 1.47. The van der Waals surface area contributed by atoms with E-state index in [1.807, 2.05) is 25.1 Å². The van der Waals surface area contributed by atoms with E-state index in [1.54, 1.807) is 0 Å². The molecule has 0 radical (unpaired) electrons. The van der Waals surface area contributed by atoms with Crippen LogP contribution in [0.2, 0.25) is 0 Å². The fraction of sp³-hybridized carbons (Fsp3) is 0.333. The van der Waals surface area contributed by atoms with Crippen molar-refractivity contribution in [3.8, 4) is 0 Å². The van der Waals surface area contributed by atoms with Crippen LogP contribution < -0.4 is 5.73 Å². The van der Waals surface area contributed by atoms with Crippen LogP contribution in [-0.4, -0.2) is 6.54 Å². The zero-order chi connectivity index (χ0) is 9.73. The Bertz CT molecular complexity index is 276. The summed E-state index contributed by atoms with van der Waals surface area (Å²) in [6.45, 7) is 4.82. The largest absolute Gasteiger partial charge is 0.329 e. The molecule has 0 aliphatic rings. The van der Waals surface area contributed by atoms with E-state index in [2.05, 4.69) is 31.2 Å². The summed E-state index contributed by atoms with van der Waals surface area (Å²) in [5.74, 6) is 0. The second kappa shape index (κ2) is 4.24. The molecule has 0 aromatic heterocycles. The summed E-state index contributed by atoms with van der Waals surface area (Å²) in [5.41, 5.74) is 7.03. The molecule has 1 atom stereocenters. The lowest BCUT2D eigenvalue weighted by atomic mass is 9.82. The van der Waals surface area contributed by atoms with Crippen molar-refractivity contribution in [2.45, 2.75) is 19.3 Å². The van der Waals surface area contributed by atoms with E-state index in [0.29, 0.717) is 6.54 Å². The molecule has 0 saturated heterocycles. The smallest absolute Gasteiger partial charge is 0.0226 e. The van der Waals surface area contributed by atoms with Gasteiger partial charge in [0.1, 0.15) is 0 Å². The van der Waals surface area contributed by atoms with Gasteiger partial charge in [-0.25, -0.2) is 0 Å². The van der Waals surface area contributed by atoms with Gasteiger partial charge >= 0.3 is 0 Å². The van der Waals surface area contributed by atoms with Gasteiger partial charge in [0, 0.05) is 12.0 Å². The molecular formula is C12H17N. The van der Waals surface area contributed by atoms with Gasteiger partial charge in [0.15, 0.2) is 0 Å². The first-order valence-corrected chi connectivity index (χ1v) is 4.62. The van der Waals surface area contributed by atoms with Crippen LogP contribution in [0.1, 0.15) is 19.4 Å². The Morgan fingerprint density at radius 2 is 1.92 bits per heavy atom. The third-order valence-corrected chi connectivity index (χ3v) is 2.39. The molecule has 2 N–H and O–H groups in total. The molecule has 0 bridgehead atoms. The van der Waals surface area contributed by atoms with E-state index in [0.717, 1.165) is 0 Å². The summed E-state index contributed by atoms with van der Waals surface area (Å²) in [5, 5.41) is 0. The first-order chi connectivity index (χ1) is 6.23. The Kier molecular flexibility index (Phi) is 3.26. The highest BCUT2D eigenvalue weighted by Gasteiger charge is 2.20. The van der Waals surface area contributed by atoms with Crippen molar-refractivity contribution >= 4 is 0 Å². The lowest BCUT2D eigenvalue weighted by Crippen LogP contribution is -2.29. The van der Waals surface area contributed by atoms with E-state index in [4.69, 9.17) is 5.73 Å². The molecule has 70 valence electrons. The van der Waals surface area contributed by atoms with Gasteiger partial charge in [0.2, 0.25) is 0 Å². The first-order valence-electron chi connectivity index (χ1n) is 4.62. The molecule has 0 amide bonds. The standard InChI is InChI=1S/C12H17N/c1-3-9-12(2,10-13)11-7-5-4-6-8-11/h3-9H,10,13H2,1-2H3. The molecule has 0 heterocycles. The maximum absolute atomic E-state index is 5.77. The van der Waals surface area contributed by atoms with E-state index in [9.17, 15) is 0 Å². The lowest BCUT2D eigenvalue weighted by molar-refractivity contribution is 0.607. The normalized spacial score (nSPS) is 15.9. The van der Waals surface area contributed by atoms with Gasteiger partial charge < -0.3 is 5.73 Å². The van der Waals surface area contributed by atoms with Crippen molar-refractivity contribution in [2.75, 3.05) is 6.54 Å². The average Bonchev–Trinajstić information content (AvgIpc) is 2.19. The van der Waals surface area contributed by atoms with Crippen LogP contribution in [0.15, 0.2) is 42.5 Å². The monoisotopic (exact) mass is 175 g/mol. The maximum Gasteiger partial charge on any atom is 0.0226 e. The molecule has 0 spiro atoms. The van der Waals surface area contributed by atoms with Crippen LogP contribution in [0.4, 0.5) is 0 Å². The number of hydrogen-bond donors (Lipinski definition) is 1. The highest BCUT2D eigenvalue weighted by atomic mass is 14.6. The van der Waals surface area contributed by atoms with Gasteiger partial charge in [0.25, 0.3) is 0 Å². The number of nitrogens with two attached hydrogens (primary N) is 1. The Balaban J connectivity index is 3.03. The van der Waals surface area contributed by atoms with E-state index < -0.39 is 0 Å². The zero-order valence-corrected chi connectivity index (χ0v) is 8.33. The molecule has 13 heavy (non-hydrogen) atoms. The van der Waals surface area contributed by atoms with Crippen molar-refractivity contribution in [3.63, 3.8) is 0 Å². The predicted molar refractivity (Wildman–Crippen MR) is 57.7 cm³/mol.